The van der Waals surface area contributed by atoms with Gasteiger partial charge in [-0.1, -0.05) is 117 Å². The van der Waals surface area contributed by atoms with Crippen LogP contribution in [0.5, 0.6) is 0 Å². The van der Waals surface area contributed by atoms with Crippen LogP contribution in [0.1, 0.15) is 72.1 Å². The molecule has 2 nitrogen and oxygen atoms in total. The van der Waals surface area contributed by atoms with Crippen LogP contribution in [-0.2, 0) is 31.3 Å². The first-order chi connectivity index (χ1) is 19.0. The molecule has 0 saturated heterocycles. The number of allylic oxidation sites excluding steroid dienone is 2. The molecule has 4 aromatic carbocycles. The summed E-state index contributed by atoms with van der Waals surface area (Å²) in [7, 11) is 0. The molecule has 0 atom stereocenters. The van der Waals surface area contributed by atoms with Crippen molar-refractivity contribution in [3.63, 3.8) is 0 Å². The van der Waals surface area contributed by atoms with Gasteiger partial charge in [0.05, 0.1) is 0 Å². The summed E-state index contributed by atoms with van der Waals surface area (Å²) in [6.07, 6.45) is 2.39. The van der Waals surface area contributed by atoms with Gasteiger partial charge in [0.25, 0.3) is 0 Å². The van der Waals surface area contributed by atoms with E-state index < -0.39 is 5.41 Å². The van der Waals surface area contributed by atoms with E-state index in [0.29, 0.717) is 5.92 Å². The number of aliphatic hydroxyl groups excluding tert-OH is 1. The predicted molar refractivity (Wildman–Crippen MR) is 175 cm³/mol. The number of fused-ring (bicyclic) bond motifs is 1. The molecule has 0 saturated carbocycles. The monoisotopic (exact) mass is 739 g/mol. The van der Waals surface area contributed by atoms with E-state index in [-0.39, 0.29) is 37.1 Å². The second kappa shape index (κ2) is 14.5. The number of aryl methyl sites for hydroxylation is 2. The van der Waals surface area contributed by atoms with Gasteiger partial charge in [-0.2, -0.15) is 29.8 Å². The first kappa shape index (κ1) is 35.2. The number of benzene rings is 4. The molecule has 0 amide bonds. The summed E-state index contributed by atoms with van der Waals surface area (Å²) in [5.41, 5.74) is 7.87. The van der Waals surface area contributed by atoms with E-state index in [1.54, 1.807) is 0 Å². The Morgan fingerprint density at radius 1 is 0.810 bits per heavy atom. The van der Waals surface area contributed by atoms with Crippen molar-refractivity contribution in [3.05, 3.63) is 107 Å². The molecule has 4 rings (SSSR count). The Labute approximate surface area is 267 Å². The number of aliphatic hydroxyl groups is 1. The van der Waals surface area contributed by atoms with Crippen LogP contribution in [0, 0.1) is 42.7 Å². The topological polar surface area (TPSA) is 37.3 Å². The first-order valence-corrected chi connectivity index (χ1v) is 14.6. The molecule has 0 spiro atoms. The minimum atomic E-state index is -0.417. The van der Waals surface area contributed by atoms with Gasteiger partial charge in [0.1, 0.15) is 5.76 Å². The quantitative estimate of drug-likeness (QED) is 0.126. The van der Waals surface area contributed by atoms with Crippen LogP contribution in [0.2, 0.25) is 0 Å². The summed E-state index contributed by atoms with van der Waals surface area (Å²) in [5, 5.41) is 12.0. The molecule has 42 heavy (non-hydrogen) atoms. The average molecular weight is 739 g/mol. The van der Waals surface area contributed by atoms with Gasteiger partial charge in [0, 0.05) is 37.0 Å². The smallest absolute Gasteiger partial charge is 0.164 e. The molecule has 0 aliphatic rings. The van der Waals surface area contributed by atoms with Gasteiger partial charge in [-0.3, -0.25) is 4.79 Å². The van der Waals surface area contributed by atoms with Gasteiger partial charge in [0.15, 0.2) is 5.78 Å². The number of hydrogen-bond donors (Lipinski definition) is 1. The summed E-state index contributed by atoms with van der Waals surface area (Å²) in [6.45, 7) is 19.9. The zero-order valence-corrected chi connectivity index (χ0v) is 29.3. The summed E-state index contributed by atoms with van der Waals surface area (Å²) in [5.74, 6) is 0.703. The van der Waals surface area contributed by atoms with E-state index in [0.717, 1.165) is 17.5 Å². The molecule has 0 bridgehead atoms. The minimum absolute atomic E-state index is 0. The van der Waals surface area contributed by atoms with Crippen molar-refractivity contribution >= 4 is 16.6 Å². The molecular formula is C39H46IrO2-2. The molecule has 0 aliphatic heterocycles. The second-order valence-corrected chi connectivity index (χ2v) is 13.6. The maximum Gasteiger partial charge on any atom is 0.164 e. The Hall–Kier alpha value is -3.00. The normalized spacial score (nSPS) is 12.0. The van der Waals surface area contributed by atoms with Gasteiger partial charge >= 0.3 is 0 Å². The largest absolute Gasteiger partial charge is 0.512 e. The average Bonchev–Trinajstić information content (AvgIpc) is 2.87. The Bertz CT molecular complexity index is 1510. The molecule has 0 fully saturated rings. The fraction of sp³-hybridized carbons (Fsp3) is 0.359. The minimum Gasteiger partial charge on any atom is -0.512 e. The molecule has 4 aromatic rings. The molecule has 3 heteroatoms. The number of hydrogen-bond acceptors (Lipinski definition) is 2. The van der Waals surface area contributed by atoms with Crippen LogP contribution < -0.4 is 0 Å². The molecule has 0 heterocycles. The third kappa shape index (κ3) is 9.79. The van der Waals surface area contributed by atoms with Crippen LogP contribution in [0.3, 0.4) is 0 Å². The summed E-state index contributed by atoms with van der Waals surface area (Å²) in [6, 6.07) is 31.2. The Kier molecular flexibility index (Phi) is 12.1. The molecular weight excluding hydrogens is 693 g/mol. The van der Waals surface area contributed by atoms with Crippen LogP contribution in [0.25, 0.3) is 33.0 Å². The van der Waals surface area contributed by atoms with Crippen molar-refractivity contribution in [1.82, 2.24) is 0 Å². The van der Waals surface area contributed by atoms with E-state index in [9.17, 15) is 9.90 Å². The second-order valence-electron chi connectivity index (χ2n) is 13.6. The third-order valence-corrected chi connectivity index (χ3v) is 6.90. The van der Waals surface area contributed by atoms with Crippen molar-refractivity contribution in [2.45, 2.75) is 75.7 Å². The van der Waals surface area contributed by atoms with E-state index >= 15 is 0 Å². The van der Waals surface area contributed by atoms with Crippen LogP contribution in [0.4, 0.5) is 0 Å². The molecule has 0 unspecified atom stereocenters. The van der Waals surface area contributed by atoms with Crippen molar-refractivity contribution in [2.75, 3.05) is 0 Å². The van der Waals surface area contributed by atoms with E-state index in [2.05, 4.69) is 107 Å². The molecule has 1 radical (unpaired) electrons. The zero-order chi connectivity index (χ0) is 30.5. The molecule has 1 N–H and O–H groups in total. The Balaban J connectivity index is 0.000000377. The number of rotatable bonds is 5. The van der Waals surface area contributed by atoms with E-state index in [1.807, 2.05) is 41.5 Å². The summed E-state index contributed by atoms with van der Waals surface area (Å²) < 4.78 is 0. The molecule has 0 aromatic heterocycles. The van der Waals surface area contributed by atoms with Crippen molar-refractivity contribution in [2.24, 2.45) is 16.7 Å². The standard InChI is InChI=1S/C28H26.C11H20O2.Ir/c1-19(2)12-27-17-26(25-14-20(3)13-21(4)15-25)16-24-11-10-23(18-28(24)27)22-8-6-5-7-9-22;1-10(2,3)8(12)7-9(13)11(4,5)6;/h5-11,13-14,17-19H,12H2,1-4H3;7,12H,1-6H3;/q-2;;. The van der Waals surface area contributed by atoms with E-state index in [4.69, 9.17) is 0 Å². The van der Waals surface area contributed by atoms with Crippen LogP contribution >= 0.6 is 0 Å². The molecule has 0 aliphatic carbocycles. The summed E-state index contributed by atoms with van der Waals surface area (Å²) in [4.78, 5) is 11.5. The summed E-state index contributed by atoms with van der Waals surface area (Å²) >= 11 is 0. The number of ketones is 1. The zero-order valence-electron chi connectivity index (χ0n) is 26.9. The van der Waals surface area contributed by atoms with Gasteiger partial charge in [-0.15, -0.1) is 34.2 Å². The number of carbonyl (C=O) groups is 1. The van der Waals surface area contributed by atoms with Gasteiger partial charge in [-0.25, -0.2) is 5.56 Å². The van der Waals surface area contributed by atoms with Crippen molar-refractivity contribution in [3.8, 4) is 22.3 Å². The maximum atomic E-state index is 11.5. The SMILES string of the molecule is CC(C)(C)C(=O)C=C(O)C(C)(C)C.Cc1[c-]c(-c2[c-]c3ccc(-c4ccccc4)cc3c(CC(C)C)c2)cc(C)c1.[Ir]. The number of carbonyl (C=O) groups excluding carboxylic acids is 1. The first-order valence-electron chi connectivity index (χ1n) is 14.6. The van der Waals surface area contributed by atoms with Gasteiger partial charge < -0.3 is 5.11 Å². The van der Waals surface area contributed by atoms with Gasteiger partial charge in [0.2, 0.25) is 0 Å². The Morgan fingerprint density at radius 2 is 1.43 bits per heavy atom. The van der Waals surface area contributed by atoms with Crippen LogP contribution in [-0.4, -0.2) is 10.9 Å². The van der Waals surface area contributed by atoms with Crippen molar-refractivity contribution < 1.29 is 30.0 Å². The Morgan fingerprint density at radius 3 is 1.98 bits per heavy atom. The van der Waals surface area contributed by atoms with Gasteiger partial charge in [-0.05, 0) is 23.5 Å². The van der Waals surface area contributed by atoms with E-state index in [1.165, 1.54) is 44.7 Å². The molecule has 225 valence electrons. The van der Waals surface area contributed by atoms with Crippen LogP contribution in [0.15, 0.2) is 78.6 Å². The third-order valence-electron chi connectivity index (χ3n) is 6.90. The fourth-order valence-electron chi connectivity index (χ4n) is 4.51. The maximum absolute atomic E-state index is 11.5. The fourth-order valence-corrected chi connectivity index (χ4v) is 4.51. The predicted octanol–water partition coefficient (Wildman–Crippen LogP) is 10.7. The van der Waals surface area contributed by atoms with Crippen molar-refractivity contribution in [1.29, 1.82) is 0 Å².